The minimum atomic E-state index is -4.74. The zero-order valence-corrected chi connectivity index (χ0v) is 43.7. The molecule has 0 aliphatic heterocycles. The number of anilines is 3. The molecule has 3 heterocycles. The Morgan fingerprint density at radius 1 is 0.582 bits per heavy atom. The number of ether oxygens (including phenoxy) is 1. The SMILES string of the molecule is [C-]#[N+]c1ccc(CC(=O)[C@@](C)(O)Cn2cc(N)cn2)cc1C.[C-]#[N+]c1ccc(CC(=O)[C@@](C)(O)Cn2cc(N)cn2)cc1C(F)(F)F.[C-]#[N+]c1ccc(CC(=O)[C@@](C)(O)Cn2cc(NC(=O)OC(C)(C)C)cn2)cc1C(F)(F)F.[H+]. The first-order chi connectivity index (χ1) is 36.4. The van der Waals surface area contributed by atoms with Crippen molar-refractivity contribution < 1.29 is 67.0 Å². The topological polar surface area (TPSA) is 269 Å². The number of Topliss-reactive ketones (excluding diaryl/α,β-unsaturated/α-hetero) is 3. The fourth-order valence-electron chi connectivity index (χ4n) is 7.19. The van der Waals surface area contributed by atoms with Crippen LogP contribution in [-0.2, 0) is 70.4 Å². The van der Waals surface area contributed by atoms with Crippen molar-refractivity contribution in [3.63, 3.8) is 0 Å². The second kappa shape index (κ2) is 25.1. The van der Waals surface area contributed by atoms with Gasteiger partial charge in [-0.25, -0.2) is 19.3 Å². The monoisotopic (exact) mass is 1100 g/mol. The van der Waals surface area contributed by atoms with Gasteiger partial charge >= 0.3 is 19.9 Å². The van der Waals surface area contributed by atoms with Crippen LogP contribution in [0.1, 0.15) is 76.3 Å². The van der Waals surface area contributed by atoms with Crippen molar-refractivity contribution in [2.75, 3.05) is 16.8 Å². The molecule has 3 aromatic carbocycles. The molecule has 26 heteroatoms. The van der Waals surface area contributed by atoms with E-state index >= 15 is 0 Å². The minimum Gasteiger partial charge on any atom is -0.444 e. The molecule has 8 N–H and O–H groups in total. The van der Waals surface area contributed by atoms with Gasteiger partial charge in [-0.15, -0.1) is 0 Å². The summed E-state index contributed by atoms with van der Waals surface area (Å²) >= 11 is 0. The number of aromatic nitrogens is 6. The van der Waals surface area contributed by atoms with Crippen LogP contribution in [0.15, 0.2) is 91.8 Å². The second-order valence-corrected chi connectivity index (χ2v) is 19.8. The summed E-state index contributed by atoms with van der Waals surface area (Å²) in [6.45, 7) is 31.1. The molecular formula is C53H57F6N12O8+. The van der Waals surface area contributed by atoms with Gasteiger partial charge < -0.3 is 31.5 Å². The third kappa shape index (κ3) is 18.7. The fraction of sp³-hybridized carbons (Fsp3) is 0.358. The van der Waals surface area contributed by atoms with Crippen LogP contribution in [0, 0.1) is 26.6 Å². The van der Waals surface area contributed by atoms with E-state index in [1.165, 1.54) is 77.9 Å². The summed E-state index contributed by atoms with van der Waals surface area (Å²) in [6, 6.07) is 11.2. The van der Waals surface area contributed by atoms with Crippen LogP contribution in [0.25, 0.3) is 14.5 Å². The van der Waals surface area contributed by atoms with E-state index in [1.54, 1.807) is 45.2 Å². The van der Waals surface area contributed by atoms with Crippen LogP contribution in [0.3, 0.4) is 0 Å². The number of nitrogens with two attached hydrogens (primary N) is 2. The first-order valence-electron chi connectivity index (χ1n) is 23.4. The molecule has 20 nitrogen and oxygen atoms in total. The van der Waals surface area contributed by atoms with Gasteiger partial charge in [0.05, 0.1) is 86.1 Å². The maximum Gasteiger partial charge on any atom is 1.00 e. The van der Waals surface area contributed by atoms with Gasteiger partial charge in [0.25, 0.3) is 0 Å². The number of amides is 1. The van der Waals surface area contributed by atoms with E-state index in [2.05, 4.69) is 35.1 Å². The highest BCUT2D eigenvalue weighted by Gasteiger charge is 2.37. The van der Waals surface area contributed by atoms with Crippen molar-refractivity contribution in [1.82, 2.24) is 29.3 Å². The zero-order chi connectivity index (χ0) is 59.5. The Kier molecular flexibility index (Phi) is 19.9. The summed E-state index contributed by atoms with van der Waals surface area (Å²) in [4.78, 5) is 58.1. The van der Waals surface area contributed by atoms with E-state index in [1.807, 2.05) is 6.92 Å². The summed E-state index contributed by atoms with van der Waals surface area (Å²) in [5.41, 5.74) is 5.03. The molecule has 3 aromatic heterocycles. The van der Waals surface area contributed by atoms with E-state index in [0.29, 0.717) is 17.1 Å². The van der Waals surface area contributed by atoms with Gasteiger partial charge in [0, 0.05) is 37.9 Å². The normalized spacial score (nSPS) is 13.7. The average molecular weight is 1100 g/mol. The number of aryl methyl sites for hydroxylation is 1. The molecule has 0 saturated heterocycles. The second-order valence-electron chi connectivity index (χ2n) is 19.8. The van der Waals surface area contributed by atoms with Crippen molar-refractivity contribution in [2.24, 2.45) is 0 Å². The van der Waals surface area contributed by atoms with Crippen LogP contribution in [-0.4, -0.2) is 90.5 Å². The largest absolute Gasteiger partial charge is 1.00 e. The van der Waals surface area contributed by atoms with Crippen molar-refractivity contribution in [2.45, 2.75) is 122 Å². The third-order valence-corrected chi connectivity index (χ3v) is 11.2. The number of alkyl halides is 6. The van der Waals surface area contributed by atoms with E-state index in [4.69, 9.17) is 35.9 Å². The van der Waals surface area contributed by atoms with Gasteiger partial charge in [-0.3, -0.25) is 33.7 Å². The lowest BCUT2D eigenvalue weighted by atomic mass is 9.94. The summed E-state index contributed by atoms with van der Waals surface area (Å²) in [5, 5.41) is 45.5. The van der Waals surface area contributed by atoms with Gasteiger partial charge in [-0.1, -0.05) is 54.6 Å². The Morgan fingerprint density at radius 3 is 1.24 bits per heavy atom. The quantitative estimate of drug-likeness (QED) is 0.0391. The molecule has 0 saturated carbocycles. The molecule has 0 aliphatic rings. The number of rotatable bonds is 16. The number of carbonyl (C=O) groups is 4. The molecule has 0 aliphatic carbocycles. The Labute approximate surface area is 451 Å². The number of carbonyl (C=O) groups excluding carboxylic acids is 4. The van der Waals surface area contributed by atoms with Crippen molar-refractivity contribution in [3.05, 3.63) is 159 Å². The molecule has 0 fully saturated rings. The molecule has 0 unspecified atom stereocenters. The number of ketones is 3. The van der Waals surface area contributed by atoms with Crippen LogP contribution in [0.2, 0.25) is 0 Å². The van der Waals surface area contributed by atoms with Crippen LogP contribution < -0.4 is 16.8 Å². The lowest BCUT2D eigenvalue weighted by molar-refractivity contribution is -0.138. The molecule has 3 atom stereocenters. The van der Waals surface area contributed by atoms with Crippen LogP contribution in [0.5, 0.6) is 0 Å². The van der Waals surface area contributed by atoms with Crippen LogP contribution in [0.4, 0.5) is 65.3 Å². The molecule has 1 amide bonds. The van der Waals surface area contributed by atoms with Gasteiger partial charge in [-0.2, -0.15) is 41.6 Å². The molecule has 6 rings (SSSR count). The molecule has 418 valence electrons. The number of benzene rings is 3. The maximum atomic E-state index is 13.1. The van der Waals surface area contributed by atoms with Crippen molar-refractivity contribution in [3.8, 4) is 0 Å². The highest BCUT2D eigenvalue weighted by molar-refractivity contribution is 5.90. The predicted molar refractivity (Wildman–Crippen MR) is 277 cm³/mol. The third-order valence-electron chi connectivity index (χ3n) is 11.2. The molecule has 0 radical (unpaired) electrons. The molecule has 6 aromatic rings. The molecule has 79 heavy (non-hydrogen) atoms. The Hall–Kier alpha value is -8.90. The summed E-state index contributed by atoms with van der Waals surface area (Å²) in [7, 11) is 0. The number of hydrogen-bond donors (Lipinski definition) is 6. The van der Waals surface area contributed by atoms with Crippen molar-refractivity contribution >= 4 is 57.6 Å². The number of nitrogen functional groups attached to an aromatic ring is 2. The van der Waals surface area contributed by atoms with E-state index in [-0.39, 0.29) is 50.1 Å². The fourth-order valence-corrected chi connectivity index (χ4v) is 7.19. The Bertz CT molecular complexity index is 3320. The van der Waals surface area contributed by atoms with Crippen LogP contribution >= 0.6 is 0 Å². The van der Waals surface area contributed by atoms with Gasteiger partial charge in [0.2, 0.25) is 0 Å². The molecule has 0 spiro atoms. The Balaban J connectivity index is 0.000000319. The standard InChI is InChI=1S/C21H23F3N4O4.C16H15F3N4O2.C16H18N4O2/c1-19(2,3)32-18(30)27-14-10-26-28(11-14)12-20(4,31)17(29)9-13-6-7-16(25-5)15(8-13)21(22,23)24;1-15(25,9-23-8-11(20)7-22-23)14(24)6-10-3-4-13(21-2)12(5-10)16(17,18)19;1-11-6-12(4-5-14(11)18-3)7-15(21)16(2,22)10-20-9-13(17)8-19-20/h6-8,10-11,31H,9,12H2,1-4H3,(H,27,30);3-5,7-8,25H,6,9,20H2,1H3;4-6,8-9,22H,7,10,17H2,1-2H3/p+1/t20-;15-;16-/m000/s1. The highest BCUT2D eigenvalue weighted by atomic mass is 19.4. The van der Waals surface area contributed by atoms with Gasteiger partial charge in [0.15, 0.2) is 34.4 Å². The number of aliphatic hydroxyl groups is 3. The average Bonchev–Trinajstić information content (AvgIpc) is 4.07. The Morgan fingerprint density at radius 2 is 0.924 bits per heavy atom. The molecular weight excluding hydrogens is 1050 g/mol. The highest BCUT2D eigenvalue weighted by Crippen LogP contribution is 2.38. The van der Waals surface area contributed by atoms with Gasteiger partial charge in [0.1, 0.15) is 22.4 Å². The van der Waals surface area contributed by atoms with E-state index in [9.17, 15) is 60.8 Å². The summed E-state index contributed by atoms with van der Waals surface area (Å²) in [5.74, 6) is -1.72. The number of hydrogen-bond acceptors (Lipinski definition) is 13. The van der Waals surface area contributed by atoms with E-state index < -0.39 is 87.8 Å². The summed E-state index contributed by atoms with van der Waals surface area (Å²) in [6.07, 6.45) is -2.46. The zero-order valence-electron chi connectivity index (χ0n) is 44.7. The smallest absolute Gasteiger partial charge is 0.444 e. The number of halogens is 6. The maximum absolute atomic E-state index is 13.1. The number of nitrogens with zero attached hydrogens (tertiary/aromatic N) is 9. The molecule has 0 bridgehead atoms. The van der Waals surface area contributed by atoms with Crippen molar-refractivity contribution in [1.29, 1.82) is 0 Å². The van der Waals surface area contributed by atoms with Gasteiger partial charge in [-0.05, 0) is 70.7 Å². The predicted octanol–water partition coefficient (Wildman–Crippen LogP) is 8.96. The minimum absolute atomic E-state index is 0. The lowest BCUT2D eigenvalue weighted by Gasteiger charge is -2.22. The van der Waals surface area contributed by atoms with E-state index in [0.717, 1.165) is 35.4 Å². The lowest BCUT2D eigenvalue weighted by Crippen LogP contribution is -2.41. The first-order valence-corrected chi connectivity index (χ1v) is 23.4. The number of nitrogens with one attached hydrogen (secondary N) is 1. The summed E-state index contributed by atoms with van der Waals surface area (Å²) < 4.78 is 87.4. The first kappa shape index (κ1) is 62.6.